The molecule has 1 aromatic heterocycles. The quantitative estimate of drug-likeness (QED) is 0.450. The fraction of sp³-hybridized carbons (Fsp3) is 0.300. The summed E-state index contributed by atoms with van der Waals surface area (Å²) in [5.74, 6) is -0.365. The summed E-state index contributed by atoms with van der Waals surface area (Å²) in [4.78, 5) is 21.2. The summed E-state index contributed by atoms with van der Waals surface area (Å²) >= 11 is 4.81. The Hall–Kier alpha value is -1.97. The van der Waals surface area contributed by atoms with E-state index in [0.29, 0.717) is 18.1 Å². The van der Waals surface area contributed by atoms with Crippen molar-refractivity contribution >= 4 is 48.5 Å². The van der Waals surface area contributed by atoms with Gasteiger partial charge in [-0.2, -0.15) is 13.2 Å². The minimum atomic E-state index is -4.44. The Labute approximate surface area is 179 Å². The van der Waals surface area contributed by atoms with Crippen molar-refractivity contribution in [2.45, 2.75) is 12.6 Å². The molecule has 3 rings (SSSR count). The van der Waals surface area contributed by atoms with Crippen molar-refractivity contribution in [3.8, 4) is 0 Å². The van der Waals surface area contributed by atoms with Gasteiger partial charge in [-0.05, 0) is 69.5 Å². The van der Waals surface area contributed by atoms with Gasteiger partial charge in [-0.15, -0.1) is 0 Å². The predicted octanol–water partition coefficient (Wildman–Crippen LogP) is 5.68. The summed E-state index contributed by atoms with van der Waals surface area (Å²) < 4.78 is 40.3. The van der Waals surface area contributed by atoms with Crippen LogP contribution in [-0.4, -0.2) is 43.0 Å². The first-order valence-corrected chi connectivity index (χ1v) is 10.5. The molecule has 0 atom stereocenters. The van der Waals surface area contributed by atoms with E-state index in [-0.39, 0.29) is 11.5 Å². The lowest BCUT2D eigenvalue weighted by Crippen LogP contribution is -2.33. The lowest BCUT2D eigenvalue weighted by molar-refractivity contribution is -0.137. The van der Waals surface area contributed by atoms with E-state index in [2.05, 4.69) is 20.9 Å². The van der Waals surface area contributed by atoms with Crippen LogP contribution in [0.5, 0.6) is 0 Å². The fourth-order valence-electron chi connectivity index (χ4n) is 2.79. The number of benzene rings is 2. The SMILES string of the molecule is CN(C)CCCN(C(=O)c1ccc(C(F)(F)F)cc1)c1nc2ccc(Br)cc2s1. The molecule has 3 aromatic rings. The minimum Gasteiger partial charge on any atom is -0.309 e. The Morgan fingerprint density at radius 1 is 1.10 bits per heavy atom. The van der Waals surface area contributed by atoms with Crippen LogP contribution in [0, 0.1) is 0 Å². The Balaban J connectivity index is 1.92. The molecule has 0 radical (unpaired) electrons. The second-order valence-electron chi connectivity index (χ2n) is 6.80. The number of nitrogens with zero attached hydrogens (tertiary/aromatic N) is 3. The van der Waals surface area contributed by atoms with Crippen molar-refractivity contribution in [3.05, 3.63) is 58.1 Å². The number of carbonyl (C=O) groups excluding carboxylic acids is 1. The first-order chi connectivity index (χ1) is 13.6. The number of hydrogen-bond donors (Lipinski definition) is 0. The molecule has 0 saturated heterocycles. The molecule has 0 aliphatic heterocycles. The molecule has 0 aliphatic carbocycles. The van der Waals surface area contributed by atoms with Gasteiger partial charge >= 0.3 is 6.18 Å². The predicted molar refractivity (Wildman–Crippen MR) is 114 cm³/mol. The third-order valence-corrected chi connectivity index (χ3v) is 5.80. The number of carbonyl (C=O) groups is 1. The highest BCUT2D eigenvalue weighted by Gasteiger charge is 2.30. The average molecular weight is 486 g/mol. The Morgan fingerprint density at radius 3 is 2.41 bits per heavy atom. The Kier molecular flexibility index (Phi) is 6.60. The van der Waals surface area contributed by atoms with Crippen molar-refractivity contribution in [2.75, 3.05) is 32.1 Å². The van der Waals surface area contributed by atoms with Gasteiger partial charge in [-0.1, -0.05) is 27.3 Å². The molecule has 1 amide bonds. The van der Waals surface area contributed by atoms with Crippen LogP contribution in [0.25, 0.3) is 10.2 Å². The molecule has 4 nitrogen and oxygen atoms in total. The molecule has 0 fully saturated rings. The monoisotopic (exact) mass is 485 g/mol. The van der Waals surface area contributed by atoms with Gasteiger partial charge in [-0.25, -0.2) is 4.98 Å². The number of anilines is 1. The van der Waals surface area contributed by atoms with E-state index >= 15 is 0 Å². The first-order valence-electron chi connectivity index (χ1n) is 8.85. The van der Waals surface area contributed by atoms with Crippen LogP contribution in [-0.2, 0) is 6.18 Å². The van der Waals surface area contributed by atoms with Crippen molar-refractivity contribution in [3.63, 3.8) is 0 Å². The van der Waals surface area contributed by atoms with Crippen LogP contribution in [0.1, 0.15) is 22.3 Å². The van der Waals surface area contributed by atoms with Crippen molar-refractivity contribution in [1.29, 1.82) is 0 Å². The highest BCUT2D eigenvalue weighted by Crippen LogP contribution is 2.33. The number of hydrogen-bond acceptors (Lipinski definition) is 4. The maximum Gasteiger partial charge on any atom is 0.416 e. The number of rotatable bonds is 6. The van der Waals surface area contributed by atoms with Gasteiger partial charge < -0.3 is 4.90 Å². The van der Waals surface area contributed by atoms with E-state index in [9.17, 15) is 18.0 Å². The molecule has 0 spiro atoms. The number of thiazole rings is 1. The van der Waals surface area contributed by atoms with Gasteiger partial charge in [0.15, 0.2) is 5.13 Å². The van der Waals surface area contributed by atoms with E-state index in [1.807, 2.05) is 37.2 Å². The Morgan fingerprint density at radius 2 is 1.79 bits per heavy atom. The number of fused-ring (bicyclic) bond motifs is 1. The smallest absolute Gasteiger partial charge is 0.309 e. The van der Waals surface area contributed by atoms with Gasteiger partial charge in [0.25, 0.3) is 5.91 Å². The van der Waals surface area contributed by atoms with Gasteiger partial charge in [0.2, 0.25) is 0 Å². The van der Waals surface area contributed by atoms with Crippen LogP contribution < -0.4 is 4.90 Å². The largest absolute Gasteiger partial charge is 0.416 e. The number of alkyl halides is 3. The summed E-state index contributed by atoms with van der Waals surface area (Å²) in [5.41, 5.74) is 0.187. The zero-order valence-electron chi connectivity index (χ0n) is 15.8. The molecule has 154 valence electrons. The van der Waals surface area contributed by atoms with Crippen molar-refractivity contribution in [2.24, 2.45) is 0 Å². The van der Waals surface area contributed by atoms with Crippen LogP contribution in [0.3, 0.4) is 0 Å². The van der Waals surface area contributed by atoms with Gasteiger partial charge in [0.1, 0.15) is 0 Å². The van der Waals surface area contributed by atoms with E-state index in [4.69, 9.17) is 0 Å². The minimum absolute atomic E-state index is 0.197. The summed E-state index contributed by atoms with van der Waals surface area (Å²) in [7, 11) is 3.88. The molecule has 29 heavy (non-hydrogen) atoms. The fourth-order valence-corrected chi connectivity index (χ4v) is 4.33. The summed E-state index contributed by atoms with van der Waals surface area (Å²) in [5, 5.41) is 0.529. The van der Waals surface area contributed by atoms with Crippen molar-refractivity contribution in [1.82, 2.24) is 9.88 Å². The maximum absolute atomic E-state index is 13.1. The number of halogens is 4. The molecule has 0 saturated carbocycles. The van der Waals surface area contributed by atoms with Crippen LogP contribution in [0.2, 0.25) is 0 Å². The summed E-state index contributed by atoms with van der Waals surface area (Å²) in [6.07, 6.45) is -3.73. The average Bonchev–Trinajstić information content (AvgIpc) is 3.06. The zero-order chi connectivity index (χ0) is 21.2. The van der Waals surface area contributed by atoms with Crippen LogP contribution in [0.4, 0.5) is 18.3 Å². The van der Waals surface area contributed by atoms with Crippen LogP contribution in [0.15, 0.2) is 46.9 Å². The molecule has 9 heteroatoms. The van der Waals surface area contributed by atoms with E-state index in [1.54, 1.807) is 4.90 Å². The van der Waals surface area contributed by atoms with E-state index in [1.165, 1.54) is 23.5 Å². The number of amides is 1. The van der Waals surface area contributed by atoms with Crippen LogP contribution >= 0.6 is 27.3 Å². The third kappa shape index (κ3) is 5.34. The number of aromatic nitrogens is 1. The molecular weight excluding hydrogens is 467 g/mol. The lowest BCUT2D eigenvalue weighted by Gasteiger charge is -2.21. The molecular formula is C20H19BrF3N3OS. The first kappa shape index (κ1) is 21.7. The molecule has 1 heterocycles. The standard InChI is InChI=1S/C20H19BrF3N3OS/c1-26(2)10-3-11-27(19-25-16-9-8-15(21)12-17(16)29-19)18(28)13-4-6-14(7-5-13)20(22,23)24/h4-9,12H,3,10-11H2,1-2H3. The second-order valence-corrected chi connectivity index (χ2v) is 8.72. The third-order valence-electron chi connectivity index (χ3n) is 4.26. The maximum atomic E-state index is 13.1. The molecule has 0 aliphatic rings. The lowest BCUT2D eigenvalue weighted by atomic mass is 10.1. The van der Waals surface area contributed by atoms with Gasteiger partial charge in [0, 0.05) is 16.6 Å². The summed E-state index contributed by atoms with van der Waals surface area (Å²) in [6, 6.07) is 9.96. The van der Waals surface area contributed by atoms with E-state index in [0.717, 1.165) is 33.4 Å². The zero-order valence-corrected chi connectivity index (χ0v) is 18.2. The highest BCUT2D eigenvalue weighted by molar-refractivity contribution is 9.10. The van der Waals surface area contributed by atoms with Crippen molar-refractivity contribution < 1.29 is 18.0 Å². The van der Waals surface area contributed by atoms with Gasteiger partial charge in [0.05, 0.1) is 15.8 Å². The molecule has 0 N–H and O–H groups in total. The normalized spacial score (nSPS) is 12.0. The van der Waals surface area contributed by atoms with Gasteiger partial charge in [-0.3, -0.25) is 9.69 Å². The van der Waals surface area contributed by atoms with E-state index < -0.39 is 11.7 Å². The molecule has 0 bridgehead atoms. The Bertz CT molecular complexity index is 1000. The second kappa shape index (κ2) is 8.81. The molecule has 2 aromatic carbocycles. The topological polar surface area (TPSA) is 36.4 Å². The molecule has 0 unspecified atom stereocenters. The highest BCUT2D eigenvalue weighted by atomic mass is 79.9. The summed E-state index contributed by atoms with van der Waals surface area (Å²) in [6.45, 7) is 1.19.